The molecule has 0 aromatic heterocycles. The van der Waals surface area contributed by atoms with E-state index in [-0.39, 0.29) is 26.1 Å². The molecule has 5 nitrogen and oxygen atoms in total. The van der Waals surface area contributed by atoms with Crippen LogP contribution in [0.2, 0.25) is 0 Å². The molecule has 1 aliphatic rings. The number of benzene rings is 1. The first-order chi connectivity index (χ1) is 8.97. The Bertz CT molecular complexity index is 546. The average Bonchev–Trinajstić information content (AvgIpc) is 2.87. The lowest BCUT2D eigenvalue weighted by Crippen LogP contribution is -2.31. The van der Waals surface area contributed by atoms with Crippen LogP contribution in [-0.4, -0.2) is 37.8 Å². The Labute approximate surface area is 111 Å². The Morgan fingerprint density at radius 2 is 2.05 bits per heavy atom. The first kappa shape index (κ1) is 13.8. The molecule has 0 bridgehead atoms. The molecule has 1 fully saturated rings. The van der Waals surface area contributed by atoms with E-state index in [2.05, 4.69) is 0 Å². The number of carbonyl (C=O) groups is 1. The summed E-state index contributed by atoms with van der Waals surface area (Å²) in [5, 5.41) is -1.13. The van der Waals surface area contributed by atoms with Crippen LogP contribution in [0.1, 0.15) is 12.0 Å². The third-order valence-electron chi connectivity index (χ3n) is 3.01. The van der Waals surface area contributed by atoms with Gasteiger partial charge in [0.25, 0.3) is 0 Å². The van der Waals surface area contributed by atoms with E-state index in [1.165, 1.54) is 4.90 Å². The van der Waals surface area contributed by atoms with Crippen LogP contribution in [0.5, 0.6) is 0 Å². The van der Waals surface area contributed by atoms with Crippen LogP contribution in [0.4, 0.5) is 8.68 Å². The van der Waals surface area contributed by atoms with Crippen molar-refractivity contribution in [3.63, 3.8) is 0 Å². The number of hydrogen-bond acceptors (Lipinski definition) is 4. The number of carbonyl (C=O) groups excluding carboxylic acids is 1. The molecule has 2 rings (SSSR count). The summed E-state index contributed by atoms with van der Waals surface area (Å²) in [5.74, 6) is 0. The van der Waals surface area contributed by atoms with E-state index >= 15 is 0 Å². The third kappa shape index (κ3) is 3.66. The summed E-state index contributed by atoms with van der Waals surface area (Å²) in [6, 6.07) is 9.12. The van der Waals surface area contributed by atoms with E-state index in [0.29, 0.717) is 0 Å². The largest absolute Gasteiger partial charge is 0.445 e. The third-order valence-corrected chi connectivity index (χ3v) is 4.19. The van der Waals surface area contributed by atoms with E-state index in [9.17, 15) is 17.1 Å². The topological polar surface area (TPSA) is 63.7 Å². The van der Waals surface area contributed by atoms with Crippen molar-refractivity contribution in [2.45, 2.75) is 18.3 Å². The number of ether oxygens (including phenoxy) is 1. The Balaban J connectivity index is 1.85. The number of likely N-dealkylation sites (tertiary alicyclic amines) is 1. The molecule has 0 N–H and O–H groups in total. The fourth-order valence-corrected chi connectivity index (χ4v) is 2.68. The van der Waals surface area contributed by atoms with Crippen molar-refractivity contribution in [1.82, 2.24) is 4.90 Å². The normalized spacial score (nSPS) is 19.4. The number of halogens is 1. The highest BCUT2D eigenvalue weighted by molar-refractivity contribution is 7.87. The maximum atomic E-state index is 12.8. The second-order valence-electron chi connectivity index (χ2n) is 4.37. The predicted molar refractivity (Wildman–Crippen MR) is 66.6 cm³/mol. The molecule has 1 amide bonds. The zero-order valence-electron chi connectivity index (χ0n) is 10.2. The van der Waals surface area contributed by atoms with Crippen molar-refractivity contribution in [2.75, 3.05) is 13.1 Å². The fourth-order valence-electron chi connectivity index (χ4n) is 1.93. The van der Waals surface area contributed by atoms with E-state index in [1.54, 1.807) is 0 Å². The van der Waals surface area contributed by atoms with E-state index in [4.69, 9.17) is 4.74 Å². The molecule has 0 spiro atoms. The number of rotatable bonds is 3. The molecule has 0 radical (unpaired) electrons. The number of nitrogens with zero attached hydrogens (tertiary/aromatic N) is 1. The van der Waals surface area contributed by atoms with Gasteiger partial charge >= 0.3 is 16.3 Å². The van der Waals surface area contributed by atoms with Crippen LogP contribution < -0.4 is 0 Å². The SMILES string of the molecule is O=C(OCc1ccccc1)N1CCC(S(=O)(=O)F)C1. The predicted octanol–water partition coefficient (Wildman–Crippen LogP) is 1.70. The Hall–Kier alpha value is -1.63. The van der Waals surface area contributed by atoms with Gasteiger partial charge in [0.15, 0.2) is 0 Å². The van der Waals surface area contributed by atoms with Gasteiger partial charge in [-0.3, -0.25) is 0 Å². The number of hydrogen-bond donors (Lipinski definition) is 0. The summed E-state index contributed by atoms with van der Waals surface area (Å²) < 4.78 is 39.3. The molecule has 7 heteroatoms. The lowest BCUT2D eigenvalue weighted by atomic mass is 10.2. The highest BCUT2D eigenvalue weighted by Crippen LogP contribution is 2.19. The molecule has 19 heavy (non-hydrogen) atoms. The average molecular weight is 287 g/mol. The molecule has 1 heterocycles. The van der Waals surface area contributed by atoms with Crippen molar-refractivity contribution in [1.29, 1.82) is 0 Å². The van der Waals surface area contributed by atoms with Gasteiger partial charge in [-0.2, -0.15) is 8.42 Å². The molecule has 1 aromatic carbocycles. The minimum Gasteiger partial charge on any atom is -0.445 e. The Morgan fingerprint density at radius 3 is 2.63 bits per heavy atom. The first-order valence-corrected chi connectivity index (χ1v) is 7.30. The zero-order chi connectivity index (χ0) is 13.9. The maximum absolute atomic E-state index is 12.8. The van der Waals surface area contributed by atoms with Gasteiger partial charge in [0, 0.05) is 13.1 Å². The highest BCUT2D eigenvalue weighted by atomic mass is 32.3. The number of amides is 1. The smallest absolute Gasteiger partial charge is 0.410 e. The van der Waals surface area contributed by atoms with Gasteiger partial charge in [-0.1, -0.05) is 30.3 Å². The van der Waals surface area contributed by atoms with Crippen molar-refractivity contribution in [2.24, 2.45) is 0 Å². The minimum atomic E-state index is -4.59. The van der Waals surface area contributed by atoms with Crippen LogP contribution in [0.15, 0.2) is 30.3 Å². The molecule has 1 aliphatic heterocycles. The monoisotopic (exact) mass is 287 g/mol. The molecule has 1 aromatic rings. The lowest BCUT2D eigenvalue weighted by Gasteiger charge is -2.15. The van der Waals surface area contributed by atoms with E-state index in [1.807, 2.05) is 30.3 Å². The summed E-state index contributed by atoms with van der Waals surface area (Å²) >= 11 is 0. The van der Waals surface area contributed by atoms with Crippen LogP contribution in [0, 0.1) is 0 Å². The molecule has 0 aliphatic carbocycles. The summed E-state index contributed by atoms with van der Waals surface area (Å²) in [6.45, 7) is 0.164. The first-order valence-electron chi connectivity index (χ1n) is 5.86. The van der Waals surface area contributed by atoms with Gasteiger partial charge in [0.05, 0.1) is 0 Å². The van der Waals surface area contributed by atoms with Gasteiger partial charge in [-0.05, 0) is 12.0 Å². The van der Waals surface area contributed by atoms with Gasteiger partial charge < -0.3 is 9.64 Å². The van der Waals surface area contributed by atoms with Crippen molar-refractivity contribution in [3.8, 4) is 0 Å². The molecule has 1 unspecified atom stereocenters. The maximum Gasteiger partial charge on any atom is 0.410 e. The summed E-state index contributed by atoms with van der Waals surface area (Å²) in [6.07, 6.45) is -0.505. The Morgan fingerprint density at radius 1 is 1.37 bits per heavy atom. The van der Waals surface area contributed by atoms with Crippen LogP contribution in [-0.2, 0) is 21.6 Å². The van der Waals surface area contributed by atoms with Crippen LogP contribution in [0.3, 0.4) is 0 Å². The highest BCUT2D eigenvalue weighted by Gasteiger charge is 2.35. The van der Waals surface area contributed by atoms with E-state index < -0.39 is 21.6 Å². The van der Waals surface area contributed by atoms with E-state index in [0.717, 1.165) is 5.56 Å². The van der Waals surface area contributed by atoms with Gasteiger partial charge in [-0.25, -0.2) is 4.79 Å². The van der Waals surface area contributed by atoms with Crippen LogP contribution in [0.25, 0.3) is 0 Å². The second-order valence-corrected chi connectivity index (χ2v) is 5.99. The lowest BCUT2D eigenvalue weighted by molar-refractivity contribution is 0.104. The van der Waals surface area contributed by atoms with Gasteiger partial charge in [0.2, 0.25) is 0 Å². The van der Waals surface area contributed by atoms with Crippen molar-refractivity contribution in [3.05, 3.63) is 35.9 Å². The second kappa shape index (κ2) is 5.56. The standard InChI is InChI=1S/C12H14FNO4S/c13-19(16,17)11-6-7-14(8-11)12(15)18-9-10-4-2-1-3-5-10/h1-5,11H,6-9H2. The summed E-state index contributed by atoms with van der Waals surface area (Å²) in [5.41, 5.74) is 0.838. The van der Waals surface area contributed by atoms with Crippen LogP contribution >= 0.6 is 0 Å². The Kier molecular flexibility index (Phi) is 4.04. The molecule has 1 atom stereocenters. The van der Waals surface area contributed by atoms with Gasteiger partial charge in [-0.15, -0.1) is 3.89 Å². The minimum absolute atomic E-state index is 0.110. The molecule has 1 saturated heterocycles. The quantitative estimate of drug-likeness (QED) is 0.794. The fraction of sp³-hybridized carbons (Fsp3) is 0.417. The van der Waals surface area contributed by atoms with Gasteiger partial charge in [0.1, 0.15) is 11.9 Å². The molecular weight excluding hydrogens is 273 g/mol. The van der Waals surface area contributed by atoms with Crippen molar-refractivity contribution >= 4 is 16.3 Å². The zero-order valence-corrected chi connectivity index (χ0v) is 11.0. The van der Waals surface area contributed by atoms with Crippen molar-refractivity contribution < 1.29 is 21.8 Å². The molecule has 104 valence electrons. The molecular formula is C12H14FNO4S. The molecule has 0 saturated carbocycles. The summed E-state index contributed by atoms with van der Waals surface area (Å²) in [7, 11) is -4.59. The summed E-state index contributed by atoms with van der Waals surface area (Å²) in [4.78, 5) is 12.9.